The minimum Gasteiger partial charge on any atom is -0.508 e. The third kappa shape index (κ3) is 2.87. The summed E-state index contributed by atoms with van der Waals surface area (Å²) in [5, 5.41) is 13.5. The van der Waals surface area contributed by atoms with Crippen LogP contribution >= 0.6 is 0 Å². The highest BCUT2D eigenvalue weighted by Crippen LogP contribution is 2.64. The Morgan fingerprint density at radius 1 is 1.03 bits per heavy atom. The van der Waals surface area contributed by atoms with Crippen LogP contribution < -0.4 is 15.0 Å². The van der Waals surface area contributed by atoms with Gasteiger partial charge in [-0.3, -0.25) is 24.5 Å². The van der Waals surface area contributed by atoms with Gasteiger partial charge in [0, 0.05) is 17.5 Å². The number of methoxy groups -OCH3 is 1. The Labute approximate surface area is 207 Å². The summed E-state index contributed by atoms with van der Waals surface area (Å²) >= 11 is 0. The van der Waals surface area contributed by atoms with Gasteiger partial charge in [0.25, 0.3) is 0 Å². The van der Waals surface area contributed by atoms with Gasteiger partial charge < -0.3 is 9.84 Å². The number of rotatable bonds is 3. The van der Waals surface area contributed by atoms with E-state index in [1.54, 1.807) is 43.3 Å². The number of allylic oxidation sites excluding steroid dienone is 2. The first-order valence-electron chi connectivity index (χ1n) is 12.1. The quantitative estimate of drug-likeness (QED) is 0.510. The molecule has 36 heavy (non-hydrogen) atoms. The molecule has 0 aromatic heterocycles. The monoisotopic (exact) mass is 486 g/mol. The number of ether oxygens (including phenoxy) is 1. The highest BCUT2D eigenvalue weighted by molar-refractivity contribution is 6.24. The van der Waals surface area contributed by atoms with E-state index in [0.717, 1.165) is 5.57 Å². The van der Waals surface area contributed by atoms with Crippen LogP contribution in [0.1, 0.15) is 31.2 Å². The highest BCUT2D eigenvalue weighted by Gasteiger charge is 2.67. The Bertz CT molecular complexity index is 1350. The van der Waals surface area contributed by atoms with Crippen LogP contribution in [0.2, 0.25) is 0 Å². The van der Waals surface area contributed by atoms with Crippen LogP contribution in [0.15, 0.2) is 60.2 Å². The number of para-hydroxylation sites is 1. The summed E-state index contributed by atoms with van der Waals surface area (Å²) in [5.74, 6) is -3.73. The van der Waals surface area contributed by atoms with Crippen molar-refractivity contribution in [3.63, 3.8) is 0 Å². The zero-order valence-electron chi connectivity index (χ0n) is 19.9. The number of anilines is 1. The second-order valence-electron chi connectivity index (χ2n) is 10.3. The lowest BCUT2D eigenvalue weighted by molar-refractivity contribution is -0.131. The van der Waals surface area contributed by atoms with E-state index in [4.69, 9.17) is 4.74 Å². The van der Waals surface area contributed by atoms with Gasteiger partial charge in [-0.05, 0) is 43.9 Å². The van der Waals surface area contributed by atoms with Gasteiger partial charge in [-0.25, -0.2) is 4.90 Å². The molecule has 2 aromatic carbocycles. The lowest BCUT2D eigenvalue weighted by Gasteiger charge is -2.49. The number of aromatic hydroxyl groups is 1. The van der Waals surface area contributed by atoms with E-state index in [-0.39, 0.29) is 35.8 Å². The third-order valence-corrected chi connectivity index (χ3v) is 8.68. The summed E-state index contributed by atoms with van der Waals surface area (Å²) < 4.78 is 5.26. The van der Waals surface area contributed by atoms with E-state index in [1.807, 2.05) is 12.1 Å². The lowest BCUT2D eigenvalue weighted by atomic mass is 9.51. The maximum Gasteiger partial charge on any atom is 0.241 e. The molecule has 4 amide bonds. The third-order valence-electron chi connectivity index (χ3n) is 8.68. The summed E-state index contributed by atoms with van der Waals surface area (Å²) in [6.45, 7) is 1.79. The number of fused-ring (bicyclic) bond motifs is 4. The van der Waals surface area contributed by atoms with Crippen molar-refractivity contribution in [2.75, 3.05) is 12.0 Å². The van der Waals surface area contributed by atoms with Crippen LogP contribution in [0.3, 0.4) is 0 Å². The molecule has 8 nitrogen and oxygen atoms in total. The Balaban J connectivity index is 1.55. The zero-order valence-corrected chi connectivity index (χ0v) is 19.9. The summed E-state index contributed by atoms with van der Waals surface area (Å²) in [5.41, 5.74) is 0.632. The van der Waals surface area contributed by atoms with Gasteiger partial charge in [-0.2, -0.15) is 0 Å². The van der Waals surface area contributed by atoms with Crippen molar-refractivity contribution in [2.24, 2.45) is 29.1 Å². The van der Waals surface area contributed by atoms with Crippen LogP contribution in [0, 0.1) is 29.1 Å². The van der Waals surface area contributed by atoms with E-state index in [2.05, 4.69) is 5.32 Å². The molecule has 2 aromatic rings. The zero-order chi connectivity index (χ0) is 25.4. The van der Waals surface area contributed by atoms with Crippen molar-refractivity contribution in [3.8, 4) is 11.5 Å². The summed E-state index contributed by atoms with van der Waals surface area (Å²) in [4.78, 5) is 54.6. The van der Waals surface area contributed by atoms with E-state index < -0.39 is 35.0 Å². The number of imide groups is 2. The van der Waals surface area contributed by atoms with Crippen LogP contribution in [0.4, 0.5) is 5.69 Å². The average molecular weight is 487 g/mol. The van der Waals surface area contributed by atoms with Gasteiger partial charge in [0.05, 0.1) is 36.0 Å². The Kier molecular flexibility index (Phi) is 4.87. The number of nitrogens with zero attached hydrogens (tertiary/aromatic N) is 1. The van der Waals surface area contributed by atoms with Crippen LogP contribution in [0.5, 0.6) is 11.5 Å². The summed E-state index contributed by atoms with van der Waals surface area (Å²) in [6, 6.07) is 13.7. The van der Waals surface area contributed by atoms with E-state index in [1.165, 1.54) is 18.1 Å². The van der Waals surface area contributed by atoms with Crippen molar-refractivity contribution in [2.45, 2.75) is 25.7 Å². The van der Waals surface area contributed by atoms with Crippen LogP contribution in [-0.2, 0) is 19.2 Å². The molecule has 184 valence electrons. The van der Waals surface area contributed by atoms with Gasteiger partial charge in [0.15, 0.2) is 0 Å². The normalized spacial score (nSPS) is 33.0. The summed E-state index contributed by atoms with van der Waals surface area (Å²) in [6.07, 6.45) is 2.60. The molecule has 6 rings (SSSR count). The Morgan fingerprint density at radius 3 is 2.47 bits per heavy atom. The van der Waals surface area contributed by atoms with E-state index in [0.29, 0.717) is 23.4 Å². The van der Waals surface area contributed by atoms with Crippen molar-refractivity contribution in [1.82, 2.24) is 5.32 Å². The molecule has 1 saturated carbocycles. The molecule has 4 aliphatic rings. The second-order valence-corrected chi connectivity index (χ2v) is 10.3. The molecular formula is C28H26N2O6. The SMILES string of the molecule is COc1ccc(C2C3=CCC4C(=O)NC(=O)C4C3CC3C(=O)N(c4ccccc4)C(=O)C32C)c(O)c1. The number of carbonyl (C=O) groups excluding carboxylic acids is 4. The first-order valence-corrected chi connectivity index (χ1v) is 12.1. The largest absolute Gasteiger partial charge is 0.508 e. The van der Waals surface area contributed by atoms with E-state index in [9.17, 15) is 24.3 Å². The maximum atomic E-state index is 14.1. The van der Waals surface area contributed by atoms with Crippen LogP contribution in [-0.4, -0.2) is 35.8 Å². The Hall–Kier alpha value is -3.94. The van der Waals surface area contributed by atoms with Crippen molar-refractivity contribution in [3.05, 3.63) is 65.7 Å². The fraction of sp³-hybridized carbons (Fsp3) is 0.357. The minimum atomic E-state index is -1.19. The standard InChI is InChI=1S/C28H26N2O6/c1-28-20(26(34)30(27(28)35)14-6-4-3-5-7-14)13-19-16(10-11-18-22(19)25(33)29-24(18)32)23(28)17-9-8-15(36-2)12-21(17)31/h3-10,12,18-20,22-23,31H,11,13H2,1-2H3,(H,29,32,33). The first-order chi connectivity index (χ1) is 17.3. The topological polar surface area (TPSA) is 113 Å². The number of hydrogen-bond donors (Lipinski definition) is 2. The maximum absolute atomic E-state index is 14.1. The lowest BCUT2D eigenvalue weighted by Crippen LogP contribution is -2.48. The highest BCUT2D eigenvalue weighted by atomic mass is 16.5. The number of hydrogen-bond acceptors (Lipinski definition) is 6. The molecule has 6 atom stereocenters. The number of phenols is 1. The average Bonchev–Trinajstić information content (AvgIpc) is 3.27. The molecule has 2 heterocycles. The number of amides is 4. The fourth-order valence-corrected chi connectivity index (χ4v) is 6.99. The number of nitrogens with one attached hydrogen (secondary N) is 1. The van der Waals surface area contributed by atoms with Crippen molar-refractivity contribution < 1.29 is 29.0 Å². The van der Waals surface area contributed by atoms with Gasteiger partial charge in [0.1, 0.15) is 11.5 Å². The van der Waals surface area contributed by atoms with Gasteiger partial charge in [-0.15, -0.1) is 0 Å². The fourth-order valence-electron chi connectivity index (χ4n) is 6.99. The minimum absolute atomic E-state index is 0.0478. The Morgan fingerprint density at radius 2 is 1.78 bits per heavy atom. The number of benzene rings is 2. The molecule has 6 unspecified atom stereocenters. The van der Waals surface area contributed by atoms with Crippen LogP contribution in [0.25, 0.3) is 0 Å². The molecule has 0 bridgehead atoms. The number of carbonyl (C=O) groups is 4. The van der Waals surface area contributed by atoms with Gasteiger partial charge >= 0.3 is 0 Å². The second kappa shape index (κ2) is 7.78. The predicted molar refractivity (Wildman–Crippen MR) is 129 cm³/mol. The van der Waals surface area contributed by atoms with E-state index >= 15 is 0 Å². The summed E-state index contributed by atoms with van der Waals surface area (Å²) in [7, 11) is 1.50. The molecule has 0 radical (unpaired) electrons. The molecule has 2 saturated heterocycles. The predicted octanol–water partition coefficient (Wildman–Crippen LogP) is 2.92. The molecular weight excluding hydrogens is 460 g/mol. The first kappa shape index (κ1) is 22.5. The molecule has 8 heteroatoms. The van der Waals surface area contributed by atoms with Gasteiger partial charge in [0.2, 0.25) is 23.6 Å². The molecule has 2 N–H and O–H groups in total. The van der Waals surface area contributed by atoms with Crippen molar-refractivity contribution in [1.29, 1.82) is 0 Å². The molecule has 2 aliphatic carbocycles. The van der Waals surface area contributed by atoms with Crippen molar-refractivity contribution >= 4 is 29.3 Å². The van der Waals surface area contributed by atoms with Gasteiger partial charge in [-0.1, -0.05) is 35.9 Å². The smallest absolute Gasteiger partial charge is 0.241 e. The molecule has 2 aliphatic heterocycles. The molecule has 3 fully saturated rings. The molecule has 0 spiro atoms. The number of phenolic OH excluding ortho intramolecular Hbond substituents is 1.